The number of rotatable bonds is 4. The maximum absolute atomic E-state index is 12.9. The monoisotopic (exact) mass is 648 g/mol. The number of fused-ring (bicyclic) bond motifs is 2. The fourth-order valence-corrected chi connectivity index (χ4v) is 6.76. The van der Waals surface area contributed by atoms with Crippen molar-refractivity contribution < 1.29 is 19.1 Å². The minimum atomic E-state index is -0.536. The molecule has 7 rings (SSSR count). The number of ether oxygens (including phenoxy) is 2. The molecule has 2 unspecified atom stereocenters. The lowest BCUT2D eigenvalue weighted by Crippen LogP contribution is -2.36. The quantitative estimate of drug-likeness (QED) is 0.194. The van der Waals surface area contributed by atoms with Crippen LogP contribution in [0.5, 0.6) is 0 Å². The second kappa shape index (κ2) is 12.0. The lowest BCUT2D eigenvalue weighted by atomic mass is 10.0. The van der Waals surface area contributed by atoms with E-state index in [9.17, 15) is 9.59 Å². The summed E-state index contributed by atoms with van der Waals surface area (Å²) < 4.78 is 15.4. The van der Waals surface area contributed by atoms with Crippen molar-refractivity contribution in [1.29, 1.82) is 0 Å². The third-order valence-electron chi connectivity index (χ3n) is 8.95. The summed E-state index contributed by atoms with van der Waals surface area (Å²) in [7, 11) is 0. The van der Waals surface area contributed by atoms with Crippen LogP contribution in [0.25, 0.3) is 33.5 Å². The number of hydrogen-bond donors (Lipinski definition) is 0. The molecule has 0 N–H and O–H groups in total. The van der Waals surface area contributed by atoms with Gasteiger partial charge in [-0.15, -0.1) is 0 Å². The molecule has 4 aromatic heterocycles. The molecule has 6 heterocycles. The van der Waals surface area contributed by atoms with Gasteiger partial charge < -0.3 is 18.3 Å². The minimum absolute atomic E-state index is 0.0898. The normalized spacial score (nSPS) is 18.6. The van der Waals surface area contributed by atoms with Gasteiger partial charge in [0.15, 0.2) is 0 Å². The number of hydrogen-bond acceptors (Lipinski definition) is 6. The van der Waals surface area contributed by atoms with Crippen molar-refractivity contribution in [2.24, 2.45) is 0 Å². The Morgan fingerprint density at radius 1 is 0.625 bits per heavy atom. The van der Waals surface area contributed by atoms with E-state index < -0.39 is 11.2 Å². The number of imidazole rings is 2. The van der Waals surface area contributed by atoms with E-state index >= 15 is 0 Å². The second-order valence-corrected chi connectivity index (χ2v) is 14.9. The summed E-state index contributed by atoms with van der Waals surface area (Å²) in [5.41, 5.74) is 6.71. The molecule has 0 saturated carbocycles. The van der Waals surface area contributed by atoms with Crippen LogP contribution in [0.1, 0.15) is 90.7 Å². The van der Waals surface area contributed by atoms with Crippen LogP contribution in [0, 0.1) is 0 Å². The SMILES string of the molecule is CC(C)(C)OC(=O)N1CCCC1c1cn2ccc(-c3ccc(-c4ccn5cc(C6CCCN6C(=O)OC(C)(C)C)nc5c4)cc3)cc2n1. The lowest BCUT2D eigenvalue weighted by Gasteiger charge is -2.27. The Balaban J connectivity index is 1.08. The lowest BCUT2D eigenvalue weighted by molar-refractivity contribution is 0.0211. The molecule has 2 fully saturated rings. The third kappa shape index (κ3) is 6.48. The van der Waals surface area contributed by atoms with E-state index in [2.05, 4.69) is 48.5 Å². The zero-order valence-electron chi connectivity index (χ0n) is 28.6. The van der Waals surface area contributed by atoms with Crippen LogP contribution in [0.3, 0.4) is 0 Å². The molecule has 250 valence electrons. The van der Waals surface area contributed by atoms with Crippen molar-refractivity contribution in [1.82, 2.24) is 28.6 Å². The first-order valence-electron chi connectivity index (χ1n) is 16.9. The van der Waals surface area contributed by atoms with Gasteiger partial charge in [-0.2, -0.15) is 0 Å². The van der Waals surface area contributed by atoms with Crippen molar-refractivity contribution in [3.8, 4) is 22.3 Å². The zero-order chi connectivity index (χ0) is 33.8. The highest BCUT2D eigenvalue weighted by Crippen LogP contribution is 2.35. The van der Waals surface area contributed by atoms with Gasteiger partial charge in [0.25, 0.3) is 0 Å². The van der Waals surface area contributed by atoms with Gasteiger partial charge in [-0.25, -0.2) is 19.6 Å². The summed E-state index contributed by atoms with van der Waals surface area (Å²) in [5, 5.41) is 0. The fraction of sp³-hybridized carbons (Fsp3) is 0.421. The summed E-state index contributed by atoms with van der Waals surface area (Å²) in [5.74, 6) is 0. The van der Waals surface area contributed by atoms with Crippen LogP contribution >= 0.6 is 0 Å². The van der Waals surface area contributed by atoms with E-state index in [0.717, 1.165) is 70.6 Å². The Hall–Kier alpha value is -4.86. The Labute approximate surface area is 281 Å². The Bertz CT molecular complexity index is 1840. The highest BCUT2D eigenvalue weighted by molar-refractivity contribution is 5.74. The van der Waals surface area contributed by atoms with Crippen molar-refractivity contribution >= 4 is 23.5 Å². The summed E-state index contributed by atoms with van der Waals surface area (Å²) in [6.45, 7) is 12.7. The highest BCUT2D eigenvalue weighted by Gasteiger charge is 2.36. The zero-order valence-corrected chi connectivity index (χ0v) is 28.6. The average Bonchev–Trinajstić information content (AvgIpc) is 3.83. The van der Waals surface area contributed by atoms with E-state index in [1.54, 1.807) is 0 Å². The largest absolute Gasteiger partial charge is 0.444 e. The van der Waals surface area contributed by atoms with E-state index in [0.29, 0.717) is 13.1 Å². The average molecular weight is 649 g/mol. The van der Waals surface area contributed by atoms with Crippen molar-refractivity contribution in [2.45, 2.75) is 90.5 Å². The maximum atomic E-state index is 12.9. The molecule has 0 spiro atoms. The van der Waals surface area contributed by atoms with Crippen molar-refractivity contribution in [2.75, 3.05) is 13.1 Å². The molecule has 10 heteroatoms. The molecule has 0 radical (unpaired) electrons. The minimum Gasteiger partial charge on any atom is -0.444 e. The first-order chi connectivity index (χ1) is 22.8. The number of benzene rings is 1. The number of carbonyl (C=O) groups excluding carboxylic acids is 2. The van der Waals surface area contributed by atoms with Gasteiger partial charge in [0.05, 0.1) is 23.5 Å². The van der Waals surface area contributed by atoms with E-state index in [-0.39, 0.29) is 24.3 Å². The first kappa shape index (κ1) is 31.7. The second-order valence-electron chi connectivity index (χ2n) is 14.9. The van der Waals surface area contributed by atoms with E-state index in [1.807, 2.05) is 84.9 Å². The molecule has 2 atom stereocenters. The molecule has 10 nitrogen and oxygen atoms in total. The Morgan fingerprint density at radius 2 is 1.02 bits per heavy atom. The van der Waals surface area contributed by atoms with E-state index in [4.69, 9.17) is 19.4 Å². The standard InChI is InChI=1S/C38H44N6O4/c1-37(2,3)47-35(45)43-17-7-9-31(43)29-23-41-19-15-27(21-33(41)39-29)25-11-13-26(14-12-25)28-16-20-42-24-30(40-34(42)22-28)32-10-8-18-44(32)36(46)48-38(4,5)6/h11-16,19-24,31-32H,7-10,17-18H2,1-6H3. The molecule has 2 aliphatic heterocycles. The fourth-order valence-electron chi connectivity index (χ4n) is 6.76. The smallest absolute Gasteiger partial charge is 0.410 e. The van der Waals surface area contributed by atoms with Crippen LogP contribution < -0.4 is 0 Å². The van der Waals surface area contributed by atoms with Gasteiger partial charge in [0.1, 0.15) is 22.5 Å². The number of pyridine rings is 2. The van der Waals surface area contributed by atoms with Gasteiger partial charge in [-0.3, -0.25) is 9.80 Å². The van der Waals surface area contributed by atoms with Gasteiger partial charge in [0.2, 0.25) is 0 Å². The molecule has 0 aliphatic carbocycles. The summed E-state index contributed by atoms with van der Waals surface area (Å²) in [6, 6.07) is 16.7. The van der Waals surface area contributed by atoms with Crippen LogP contribution in [-0.4, -0.2) is 65.0 Å². The Morgan fingerprint density at radius 3 is 1.40 bits per heavy atom. The molecule has 2 aliphatic rings. The van der Waals surface area contributed by atoms with Crippen LogP contribution in [0.2, 0.25) is 0 Å². The van der Waals surface area contributed by atoms with Gasteiger partial charge >= 0.3 is 12.2 Å². The molecule has 2 amide bonds. The van der Waals surface area contributed by atoms with Gasteiger partial charge in [0, 0.05) is 37.9 Å². The first-order valence-corrected chi connectivity index (χ1v) is 16.9. The maximum Gasteiger partial charge on any atom is 0.410 e. The summed E-state index contributed by atoms with van der Waals surface area (Å²) in [4.78, 5) is 39.2. The molecule has 2 saturated heterocycles. The van der Waals surface area contributed by atoms with Crippen molar-refractivity contribution in [3.63, 3.8) is 0 Å². The van der Waals surface area contributed by atoms with Gasteiger partial charge in [-0.1, -0.05) is 24.3 Å². The summed E-state index contributed by atoms with van der Waals surface area (Å²) >= 11 is 0. The number of aromatic nitrogens is 4. The number of likely N-dealkylation sites (tertiary alicyclic amines) is 2. The summed E-state index contributed by atoms with van der Waals surface area (Å²) in [6.07, 6.45) is 11.1. The Kier molecular flexibility index (Phi) is 7.92. The predicted octanol–water partition coefficient (Wildman–Crippen LogP) is 8.46. The third-order valence-corrected chi connectivity index (χ3v) is 8.95. The number of amides is 2. The van der Waals surface area contributed by atoms with Gasteiger partial charge in [-0.05, 0) is 114 Å². The van der Waals surface area contributed by atoms with E-state index in [1.165, 1.54) is 0 Å². The highest BCUT2D eigenvalue weighted by atomic mass is 16.6. The molecular weight excluding hydrogens is 604 g/mol. The molecular formula is C38H44N6O4. The molecule has 0 bridgehead atoms. The molecule has 5 aromatic rings. The molecule has 48 heavy (non-hydrogen) atoms. The van der Waals surface area contributed by atoms with Crippen molar-refractivity contribution in [3.05, 3.63) is 84.7 Å². The predicted molar refractivity (Wildman–Crippen MR) is 185 cm³/mol. The van der Waals surface area contributed by atoms with Crippen LogP contribution in [0.15, 0.2) is 73.3 Å². The topological polar surface area (TPSA) is 93.7 Å². The van der Waals surface area contributed by atoms with Crippen LogP contribution in [-0.2, 0) is 9.47 Å². The number of carbonyl (C=O) groups is 2. The molecule has 1 aromatic carbocycles. The van der Waals surface area contributed by atoms with Crippen LogP contribution in [0.4, 0.5) is 9.59 Å². The number of nitrogens with zero attached hydrogens (tertiary/aromatic N) is 6.